The fourth-order valence-electron chi connectivity index (χ4n) is 1.12. The second-order valence-electron chi connectivity index (χ2n) is 2.81. The summed E-state index contributed by atoms with van der Waals surface area (Å²) in [5.41, 5.74) is 1.90. The summed E-state index contributed by atoms with van der Waals surface area (Å²) in [7, 11) is 0. The first kappa shape index (κ1) is 12.4. The van der Waals surface area contributed by atoms with Crippen molar-refractivity contribution in [2.24, 2.45) is 0 Å². The van der Waals surface area contributed by atoms with E-state index >= 15 is 0 Å². The average Bonchev–Trinajstić information content (AvgIpc) is 2.88. The van der Waals surface area contributed by atoms with Crippen LogP contribution in [0.3, 0.4) is 0 Å². The van der Waals surface area contributed by atoms with Crippen LogP contribution in [0.4, 0.5) is 0 Å². The van der Waals surface area contributed by atoms with Crippen molar-refractivity contribution in [1.29, 1.82) is 0 Å². The first-order valence-corrected chi connectivity index (χ1v) is 4.56. The van der Waals surface area contributed by atoms with Gasteiger partial charge in [0.1, 0.15) is 0 Å². The summed E-state index contributed by atoms with van der Waals surface area (Å²) < 4.78 is 0. The van der Waals surface area contributed by atoms with Gasteiger partial charge in [-0.15, -0.1) is 0 Å². The van der Waals surface area contributed by atoms with E-state index in [2.05, 4.69) is 20.2 Å². The van der Waals surface area contributed by atoms with Crippen molar-refractivity contribution in [3.05, 3.63) is 55.1 Å². The molecule has 3 rings (SSSR count). The minimum atomic E-state index is 0. The molecule has 16 heavy (non-hydrogen) atoms. The molecule has 4 nitrogen and oxygen atoms in total. The molecule has 2 heterocycles. The van der Waals surface area contributed by atoms with Crippen LogP contribution < -0.4 is 0 Å². The third-order valence-electron chi connectivity index (χ3n) is 1.78. The number of nitrogens with one attached hydrogen (secondary N) is 1. The maximum Gasteiger partial charge on any atom is 0.0886 e. The Labute approximate surface area is 104 Å². The zero-order chi connectivity index (χ0) is 10.3. The van der Waals surface area contributed by atoms with Crippen LogP contribution in [0, 0.1) is 0 Å². The number of H-pyrrole nitrogens is 1. The van der Waals surface area contributed by atoms with Crippen LogP contribution in [0.15, 0.2) is 55.1 Å². The molecule has 2 radical (unpaired) electrons. The van der Waals surface area contributed by atoms with Crippen molar-refractivity contribution >= 4 is 28.1 Å². The predicted molar refractivity (Wildman–Crippen MR) is 63.9 cm³/mol. The van der Waals surface area contributed by atoms with Gasteiger partial charge in [0, 0.05) is 41.9 Å². The SMILES string of the molecule is [Se].c1ccc2nccnc2c1.c1cn[nH]c1. The van der Waals surface area contributed by atoms with Gasteiger partial charge in [0.2, 0.25) is 0 Å². The normalized spacial score (nSPS) is 8.75. The van der Waals surface area contributed by atoms with Gasteiger partial charge >= 0.3 is 0 Å². The Balaban J connectivity index is 0.000000183. The Morgan fingerprint density at radius 3 is 1.81 bits per heavy atom. The minimum absolute atomic E-state index is 0. The third-order valence-corrected chi connectivity index (χ3v) is 1.78. The molecule has 0 spiro atoms. The summed E-state index contributed by atoms with van der Waals surface area (Å²) >= 11 is 0. The van der Waals surface area contributed by atoms with E-state index < -0.39 is 0 Å². The van der Waals surface area contributed by atoms with Crippen molar-refractivity contribution in [2.75, 3.05) is 0 Å². The summed E-state index contributed by atoms with van der Waals surface area (Å²) in [6.07, 6.45) is 6.85. The Kier molecular flexibility index (Phi) is 5.19. The first-order valence-electron chi connectivity index (χ1n) is 4.56. The smallest absolute Gasteiger partial charge is 0.0886 e. The van der Waals surface area contributed by atoms with Crippen molar-refractivity contribution < 1.29 is 0 Å². The van der Waals surface area contributed by atoms with Crippen LogP contribution in [0.2, 0.25) is 0 Å². The standard InChI is InChI=1S/C8H6N2.C3H4N2.Se/c1-2-4-8-7(3-1)9-5-6-10-8;1-2-4-5-3-1;/h1-6H;1-3H,(H,4,5);. The molecule has 1 aromatic carbocycles. The molecular formula is C11H10N4Se. The van der Waals surface area contributed by atoms with Crippen LogP contribution in [-0.2, 0) is 0 Å². The largest absolute Gasteiger partial charge is 0.286 e. The fourth-order valence-corrected chi connectivity index (χ4v) is 1.12. The summed E-state index contributed by atoms with van der Waals surface area (Å²) in [5.74, 6) is 0. The number of hydrogen-bond acceptors (Lipinski definition) is 3. The number of hydrogen-bond donors (Lipinski definition) is 1. The van der Waals surface area contributed by atoms with Gasteiger partial charge in [-0.05, 0) is 18.2 Å². The fraction of sp³-hybridized carbons (Fsp3) is 0. The van der Waals surface area contributed by atoms with E-state index in [4.69, 9.17) is 0 Å². The number of para-hydroxylation sites is 2. The average molecular weight is 277 g/mol. The van der Waals surface area contributed by atoms with Gasteiger partial charge < -0.3 is 0 Å². The Morgan fingerprint density at radius 2 is 1.44 bits per heavy atom. The molecule has 0 aliphatic heterocycles. The van der Waals surface area contributed by atoms with Gasteiger partial charge in [0.15, 0.2) is 0 Å². The van der Waals surface area contributed by atoms with Gasteiger partial charge in [-0.3, -0.25) is 15.1 Å². The number of rotatable bonds is 0. The molecule has 80 valence electrons. The van der Waals surface area contributed by atoms with Crippen LogP contribution in [0.1, 0.15) is 0 Å². The summed E-state index contributed by atoms with van der Waals surface area (Å²) in [4.78, 5) is 8.24. The molecular weight excluding hydrogens is 267 g/mol. The second kappa shape index (κ2) is 6.71. The number of fused-ring (bicyclic) bond motifs is 1. The van der Waals surface area contributed by atoms with E-state index in [-0.39, 0.29) is 17.1 Å². The van der Waals surface area contributed by atoms with E-state index in [1.165, 1.54) is 0 Å². The molecule has 0 amide bonds. The van der Waals surface area contributed by atoms with E-state index in [1.54, 1.807) is 24.8 Å². The number of benzene rings is 1. The van der Waals surface area contributed by atoms with Crippen LogP contribution in [-0.4, -0.2) is 37.2 Å². The quantitative estimate of drug-likeness (QED) is 0.636. The Morgan fingerprint density at radius 1 is 0.812 bits per heavy atom. The molecule has 0 fully saturated rings. The van der Waals surface area contributed by atoms with E-state index in [1.807, 2.05) is 30.3 Å². The monoisotopic (exact) mass is 278 g/mol. The van der Waals surface area contributed by atoms with Crippen LogP contribution >= 0.6 is 0 Å². The van der Waals surface area contributed by atoms with Gasteiger partial charge in [-0.25, -0.2) is 0 Å². The van der Waals surface area contributed by atoms with Gasteiger partial charge in [0.05, 0.1) is 11.0 Å². The van der Waals surface area contributed by atoms with Crippen molar-refractivity contribution in [2.45, 2.75) is 0 Å². The molecule has 0 unspecified atom stereocenters. The van der Waals surface area contributed by atoms with E-state index in [9.17, 15) is 0 Å². The van der Waals surface area contributed by atoms with Gasteiger partial charge in [-0.1, -0.05) is 12.1 Å². The predicted octanol–water partition coefficient (Wildman–Crippen LogP) is 1.66. The maximum atomic E-state index is 4.12. The Bertz CT molecular complexity index is 427. The van der Waals surface area contributed by atoms with Gasteiger partial charge in [0.25, 0.3) is 0 Å². The molecule has 0 aliphatic carbocycles. The van der Waals surface area contributed by atoms with Crippen LogP contribution in [0.5, 0.6) is 0 Å². The molecule has 0 bridgehead atoms. The molecule has 0 saturated carbocycles. The topological polar surface area (TPSA) is 54.5 Å². The molecule has 0 saturated heterocycles. The van der Waals surface area contributed by atoms with Crippen LogP contribution in [0.25, 0.3) is 11.0 Å². The van der Waals surface area contributed by atoms with E-state index in [0.29, 0.717) is 0 Å². The zero-order valence-corrected chi connectivity index (χ0v) is 10.2. The molecule has 0 aliphatic rings. The molecule has 2 aromatic heterocycles. The van der Waals surface area contributed by atoms with Gasteiger partial charge in [-0.2, -0.15) is 5.10 Å². The van der Waals surface area contributed by atoms with E-state index in [0.717, 1.165) is 11.0 Å². The number of aromatic nitrogens is 4. The molecule has 3 aromatic rings. The second-order valence-corrected chi connectivity index (χ2v) is 2.81. The van der Waals surface area contributed by atoms with Crippen molar-refractivity contribution in [3.8, 4) is 0 Å². The maximum absolute atomic E-state index is 4.12. The minimum Gasteiger partial charge on any atom is -0.286 e. The van der Waals surface area contributed by atoms with Crippen molar-refractivity contribution in [1.82, 2.24) is 20.2 Å². The summed E-state index contributed by atoms with van der Waals surface area (Å²) in [5, 5.41) is 6.21. The third kappa shape index (κ3) is 3.46. The zero-order valence-electron chi connectivity index (χ0n) is 8.45. The molecule has 0 atom stereocenters. The summed E-state index contributed by atoms with van der Waals surface area (Å²) in [6.45, 7) is 0. The number of nitrogens with zero attached hydrogens (tertiary/aromatic N) is 3. The number of aromatic amines is 1. The molecule has 5 heteroatoms. The first-order chi connectivity index (χ1) is 7.47. The van der Waals surface area contributed by atoms with Crippen molar-refractivity contribution in [3.63, 3.8) is 0 Å². The summed E-state index contributed by atoms with van der Waals surface area (Å²) in [6, 6.07) is 9.64. The molecule has 1 N–H and O–H groups in total. The Hall–Kier alpha value is -1.71.